The summed E-state index contributed by atoms with van der Waals surface area (Å²) in [5, 5.41) is 2.89. The number of nitrogens with one attached hydrogen (secondary N) is 1. The van der Waals surface area contributed by atoms with E-state index in [2.05, 4.69) is 21.2 Å². The molecule has 5 nitrogen and oxygen atoms in total. The van der Waals surface area contributed by atoms with E-state index in [1.807, 2.05) is 49.3 Å². The van der Waals surface area contributed by atoms with E-state index in [0.717, 1.165) is 15.8 Å². The summed E-state index contributed by atoms with van der Waals surface area (Å²) in [6, 6.07) is 9.36. The van der Waals surface area contributed by atoms with Crippen LogP contribution in [-0.4, -0.2) is 38.6 Å². The van der Waals surface area contributed by atoms with Gasteiger partial charge in [0.2, 0.25) is 5.91 Å². The van der Waals surface area contributed by atoms with E-state index in [0.29, 0.717) is 12.3 Å². The Balaban J connectivity index is 1.99. The quantitative estimate of drug-likeness (QED) is 0.732. The maximum absolute atomic E-state index is 12.1. The Bertz CT molecular complexity index is 696. The molecule has 24 heavy (non-hydrogen) atoms. The van der Waals surface area contributed by atoms with Gasteiger partial charge in [-0.3, -0.25) is 9.69 Å². The summed E-state index contributed by atoms with van der Waals surface area (Å²) >= 11 is 3.41. The second kappa shape index (κ2) is 8.70. The fourth-order valence-electron chi connectivity index (χ4n) is 2.28. The summed E-state index contributed by atoms with van der Waals surface area (Å²) in [4.78, 5) is 14.1. The number of likely N-dealkylation sites (N-methyl/N-ethyl adjacent to an activating group) is 1. The second-order valence-corrected chi connectivity index (χ2v) is 6.38. The van der Waals surface area contributed by atoms with E-state index in [1.54, 1.807) is 19.4 Å². The molecule has 1 atom stereocenters. The van der Waals surface area contributed by atoms with Gasteiger partial charge in [0.25, 0.3) is 0 Å². The SMILES string of the molecule is COc1ccc(Br)cc1C=CC(=O)NCC(c1ccco1)N(C)C. The lowest BCUT2D eigenvalue weighted by Crippen LogP contribution is -2.33. The smallest absolute Gasteiger partial charge is 0.244 e. The Kier molecular flexibility index (Phi) is 6.63. The lowest BCUT2D eigenvalue weighted by Gasteiger charge is -2.22. The Morgan fingerprint density at radius 2 is 2.21 bits per heavy atom. The van der Waals surface area contributed by atoms with Crippen molar-refractivity contribution in [3.63, 3.8) is 0 Å². The summed E-state index contributed by atoms with van der Waals surface area (Å²) in [5.41, 5.74) is 0.831. The minimum Gasteiger partial charge on any atom is -0.496 e. The van der Waals surface area contributed by atoms with Crippen LogP contribution in [0.25, 0.3) is 6.08 Å². The van der Waals surface area contributed by atoms with Crippen molar-refractivity contribution in [2.75, 3.05) is 27.7 Å². The number of furan rings is 1. The van der Waals surface area contributed by atoms with Gasteiger partial charge in [-0.1, -0.05) is 15.9 Å². The van der Waals surface area contributed by atoms with Gasteiger partial charge in [-0.05, 0) is 50.5 Å². The molecular formula is C18H21BrN2O3. The minimum absolute atomic E-state index is 0.0160. The van der Waals surface area contributed by atoms with Gasteiger partial charge in [-0.15, -0.1) is 0 Å². The average molecular weight is 393 g/mol. The summed E-state index contributed by atoms with van der Waals surface area (Å²) in [6.07, 6.45) is 4.86. The number of hydrogen-bond donors (Lipinski definition) is 1. The number of ether oxygens (including phenoxy) is 1. The molecule has 2 aromatic rings. The number of amides is 1. The van der Waals surface area contributed by atoms with Crippen molar-refractivity contribution in [3.8, 4) is 5.75 Å². The molecule has 0 aliphatic carbocycles. The van der Waals surface area contributed by atoms with Gasteiger partial charge >= 0.3 is 0 Å². The molecule has 1 aromatic heterocycles. The van der Waals surface area contributed by atoms with E-state index >= 15 is 0 Å². The van der Waals surface area contributed by atoms with Crippen molar-refractivity contribution >= 4 is 27.9 Å². The zero-order chi connectivity index (χ0) is 17.5. The Morgan fingerprint density at radius 3 is 2.83 bits per heavy atom. The van der Waals surface area contributed by atoms with E-state index in [-0.39, 0.29) is 11.9 Å². The number of hydrogen-bond acceptors (Lipinski definition) is 4. The average Bonchev–Trinajstić information content (AvgIpc) is 3.07. The van der Waals surface area contributed by atoms with Crippen molar-refractivity contribution in [3.05, 3.63) is 58.5 Å². The highest BCUT2D eigenvalue weighted by molar-refractivity contribution is 9.10. The molecule has 0 saturated carbocycles. The van der Waals surface area contributed by atoms with E-state index in [1.165, 1.54) is 6.08 Å². The zero-order valence-electron chi connectivity index (χ0n) is 14.0. The molecule has 0 radical (unpaired) electrons. The highest BCUT2D eigenvalue weighted by Crippen LogP contribution is 2.24. The van der Waals surface area contributed by atoms with Crippen molar-refractivity contribution in [1.82, 2.24) is 10.2 Å². The second-order valence-electron chi connectivity index (χ2n) is 5.46. The maximum Gasteiger partial charge on any atom is 0.244 e. The highest BCUT2D eigenvalue weighted by Gasteiger charge is 2.17. The molecule has 1 unspecified atom stereocenters. The molecule has 1 heterocycles. The Hall–Kier alpha value is -2.05. The molecule has 0 bridgehead atoms. The monoisotopic (exact) mass is 392 g/mol. The molecule has 128 valence electrons. The molecule has 0 fully saturated rings. The minimum atomic E-state index is -0.171. The number of carbonyl (C=O) groups is 1. The molecule has 0 saturated heterocycles. The van der Waals surface area contributed by atoms with Crippen LogP contribution in [0, 0.1) is 0 Å². The molecule has 0 aliphatic rings. The number of rotatable bonds is 7. The standard InChI is InChI=1S/C18H21BrN2O3/c1-21(2)15(17-5-4-10-24-17)12-20-18(22)9-6-13-11-14(19)7-8-16(13)23-3/h4-11,15H,12H2,1-3H3,(H,20,22). The largest absolute Gasteiger partial charge is 0.496 e. The van der Waals surface area contributed by atoms with Crippen molar-refractivity contribution in [2.24, 2.45) is 0 Å². The summed E-state index contributed by atoms with van der Waals surface area (Å²) in [7, 11) is 5.49. The zero-order valence-corrected chi connectivity index (χ0v) is 15.5. The Labute approximate surface area is 150 Å². The fourth-order valence-corrected chi connectivity index (χ4v) is 2.65. The first-order chi connectivity index (χ1) is 11.5. The maximum atomic E-state index is 12.1. The van der Waals surface area contributed by atoms with Crippen LogP contribution in [-0.2, 0) is 4.79 Å². The number of carbonyl (C=O) groups excluding carboxylic acids is 1. The first-order valence-corrected chi connectivity index (χ1v) is 8.30. The fraction of sp³-hybridized carbons (Fsp3) is 0.278. The third-order valence-electron chi connectivity index (χ3n) is 3.57. The molecule has 1 N–H and O–H groups in total. The van der Waals surface area contributed by atoms with Crippen molar-refractivity contribution < 1.29 is 13.9 Å². The number of nitrogens with zero attached hydrogens (tertiary/aromatic N) is 1. The summed E-state index contributed by atoms with van der Waals surface area (Å²) in [5.74, 6) is 1.36. The number of methoxy groups -OCH3 is 1. The first-order valence-electron chi connectivity index (χ1n) is 7.50. The summed E-state index contributed by atoms with van der Waals surface area (Å²) < 4.78 is 11.6. The van der Waals surface area contributed by atoms with E-state index < -0.39 is 0 Å². The lowest BCUT2D eigenvalue weighted by molar-refractivity contribution is -0.116. The van der Waals surface area contributed by atoms with Gasteiger partial charge in [0, 0.05) is 22.7 Å². The van der Waals surface area contributed by atoms with E-state index in [9.17, 15) is 4.79 Å². The molecule has 0 spiro atoms. The van der Waals surface area contributed by atoms with Gasteiger partial charge in [-0.25, -0.2) is 0 Å². The molecule has 1 aromatic carbocycles. The normalized spacial score (nSPS) is 12.5. The number of halogens is 1. The van der Waals surface area contributed by atoms with Crippen LogP contribution < -0.4 is 10.1 Å². The molecule has 2 rings (SSSR count). The van der Waals surface area contributed by atoms with E-state index in [4.69, 9.17) is 9.15 Å². The molecule has 6 heteroatoms. The van der Waals surface area contributed by atoms with Gasteiger partial charge in [-0.2, -0.15) is 0 Å². The Morgan fingerprint density at radius 1 is 1.42 bits per heavy atom. The van der Waals surface area contributed by atoms with Gasteiger partial charge < -0.3 is 14.5 Å². The predicted molar refractivity (Wildman–Crippen MR) is 97.9 cm³/mol. The van der Waals surface area contributed by atoms with Crippen LogP contribution in [0.2, 0.25) is 0 Å². The molecule has 1 amide bonds. The van der Waals surface area contributed by atoms with Crippen LogP contribution in [0.3, 0.4) is 0 Å². The number of benzene rings is 1. The lowest BCUT2D eigenvalue weighted by atomic mass is 10.2. The highest BCUT2D eigenvalue weighted by atomic mass is 79.9. The van der Waals surface area contributed by atoms with Crippen LogP contribution in [0.5, 0.6) is 5.75 Å². The summed E-state index contributed by atoms with van der Waals surface area (Å²) in [6.45, 7) is 0.458. The molecule has 0 aliphatic heterocycles. The van der Waals surface area contributed by atoms with Crippen LogP contribution in [0.1, 0.15) is 17.4 Å². The van der Waals surface area contributed by atoms with Gasteiger partial charge in [0.1, 0.15) is 11.5 Å². The van der Waals surface area contributed by atoms with Crippen molar-refractivity contribution in [1.29, 1.82) is 0 Å². The van der Waals surface area contributed by atoms with Crippen molar-refractivity contribution in [2.45, 2.75) is 6.04 Å². The topological polar surface area (TPSA) is 54.7 Å². The van der Waals surface area contributed by atoms with Crippen LogP contribution in [0.15, 0.2) is 51.6 Å². The van der Waals surface area contributed by atoms with Gasteiger partial charge in [0.05, 0.1) is 19.4 Å². The third kappa shape index (κ3) is 4.97. The predicted octanol–water partition coefficient (Wildman–Crippen LogP) is 3.48. The van der Waals surface area contributed by atoms with Gasteiger partial charge in [0.15, 0.2) is 0 Å². The van der Waals surface area contributed by atoms with Crippen LogP contribution in [0.4, 0.5) is 0 Å². The molecular weight excluding hydrogens is 372 g/mol. The van der Waals surface area contributed by atoms with Crippen LogP contribution >= 0.6 is 15.9 Å². The third-order valence-corrected chi connectivity index (χ3v) is 4.06. The first kappa shape index (κ1) is 18.3.